The lowest BCUT2D eigenvalue weighted by Crippen LogP contribution is -1.90. The van der Waals surface area contributed by atoms with Crippen molar-refractivity contribution in [2.75, 3.05) is 0 Å². The Balaban J connectivity index is 3.50. The Labute approximate surface area is 93.6 Å². The van der Waals surface area contributed by atoms with E-state index in [-0.39, 0.29) is 5.78 Å². The van der Waals surface area contributed by atoms with E-state index in [2.05, 4.69) is 19.6 Å². The lowest BCUT2D eigenvalue weighted by molar-refractivity contribution is -0.114. The molecular weight excluding hydrogens is 184 g/mol. The van der Waals surface area contributed by atoms with E-state index < -0.39 is 0 Å². The molecule has 0 amide bonds. The Kier molecular flexibility index (Phi) is 10.2. The van der Waals surface area contributed by atoms with Gasteiger partial charge in [0.1, 0.15) is 0 Å². The van der Waals surface area contributed by atoms with Crippen LogP contribution in [-0.4, -0.2) is 5.78 Å². The van der Waals surface area contributed by atoms with Gasteiger partial charge in [0.2, 0.25) is 0 Å². The van der Waals surface area contributed by atoms with Crippen molar-refractivity contribution in [3.63, 3.8) is 0 Å². The largest absolute Gasteiger partial charge is 0.295 e. The summed E-state index contributed by atoms with van der Waals surface area (Å²) in [5, 5.41) is 0. The number of ketones is 1. The van der Waals surface area contributed by atoms with Crippen LogP contribution in [0.3, 0.4) is 0 Å². The molecule has 1 nitrogen and oxygen atoms in total. The minimum Gasteiger partial charge on any atom is -0.295 e. The average molecular weight is 206 g/mol. The zero-order valence-electron chi connectivity index (χ0n) is 9.74. The molecule has 0 fully saturated rings. The molecule has 1 heteroatoms. The smallest absolute Gasteiger partial charge is 0.155 e. The highest BCUT2D eigenvalue weighted by Gasteiger charge is 1.92. The third kappa shape index (κ3) is 10.8. The summed E-state index contributed by atoms with van der Waals surface area (Å²) in [6.07, 6.45) is 15.5. The molecule has 0 saturated carbocycles. The lowest BCUT2D eigenvalue weighted by Gasteiger charge is -1.90. The van der Waals surface area contributed by atoms with Crippen LogP contribution in [0.5, 0.6) is 0 Å². The topological polar surface area (TPSA) is 17.1 Å². The summed E-state index contributed by atoms with van der Waals surface area (Å²) in [6, 6.07) is 0. The minimum absolute atomic E-state index is 0.229. The number of unbranched alkanes of at least 4 members (excludes halogenated alkanes) is 3. The molecule has 0 aromatic carbocycles. The van der Waals surface area contributed by atoms with Gasteiger partial charge in [-0.2, -0.15) is 0 Å². The van der Waals surface area contributed by atoms with E-state index in [9.17, 15) is 4.79 Å². The zero-order valence-corrected chi connectivity index (χ0v) is 9.74. The second-order valence-corrected chi connectivity index (χ2v) is 3.58. The van der Waals surface area contributed by atoms with E-state index in [1.807, 2.05) is 18.2 Å². The predicted octanol–water partition coefficient (Wildman–Crippen LogP) is 4.21. The van der Waals surface area contributed by atoms with Crippen LogP contribution in [0, 0.1) is 0 Å². The van der Waals surface area contributed by atoms with E-state index in [0.717, 1.165) is 32.1 Å². The van der Waals surface area contributed by atoms with Gasteiger partial charge in [0, 0.05) is 6.42 Å². The molecule has 0 radical (unpaired) electrons. The first-order valence-corrected chi connectivity index (χ1v) is 5.78. The number of carbonyl (C=O) groups is 1. The third-order valence-corrected chi connectivity index (χ3v) is 2.09. The number of hydrogen-bond donors (Lipinski definition) is 0. The number of carbonyl (C=O) groups excluding carboxylic acids is 1. The molecule has 0 aliphatic rings. The lowest BCUT2D eigenvalue weighted by atomic mass is 10.2. The molecule has 0 rings (SSSR count). The number of hydrogen-bond acceptors (Lipinski definition) is 1. The van der Waals surface area contributed by atoms with Gasteiger partial charge in [-0.1, -0.05) is 37.6 Å². The zero-order chi connectivity index (χ0) is 11.4. The molecule has 0 aliphatic carbocycles. The Morgan fingerprint density at radius 3 is 2.67 bits per heavy atom. The first-order chi connectivity index (χ1) is 7.31. The van der Waals surface area contributed by atoms with Gasteiger partial charge in [-0.3, -0.25) is 4.79 Å². The van der Waals surface area contributed by atoms with E-state index >= 15 is 0 Å². The summed E-state index contributed by atoms with van der Waals surface area (Å²) in [7, 11) is 0. The second kappa shape index (κ2) is 11.0. The molecule has 0 saturated heterocycles. The van der Waals surface area contributed by atoms with Gasteiger partial charge in [0.05, 0.1) is 0 Å². The molecule has 0 N–H and O–H groups in total. The predicted molar refractivity (Wildman–Crippen MR) is 66.9 cm³/mol. The standard InChI is InChI=1S/C14H22O/c1-3-5-7-8-9-10-11-13-14(15)12-6-4-2/h3,9-11,13H,1,4-8,12H2,2H3. The highest BCUT2D eigenvalue weighted by Crippen LogP contribution is 1.98. The van der Waals surface area contributed by atoms with Gasteiger partial charge in [0.15, 0.2) is 5.78 Å². The van der Waals surface area contributed by atoms with Crippen LogP contribution in [0.15, 0.2) is 37.0 Å². The van der Waals surface area contributed by atoms with E-state index in [1.54, 1.807) is 6.08 Å². The monoisotopic (exact) mass is 206 g/mol. The minimum atomic E-state index is 0.229. The fraction of sp³-hybridized carbons (Fsp3) is 0.500. The highest BCUT2D eigenvalue weighted by molar-refractivity contribution is 5.89. The maximum Gasteiger partial charge on any atom is 0.155 e. The summed E-state index contributed by atoms with van der Waals surface area (Å²) < 4.78 is 0. The summed E-state index contributed by atoms with van der Waals surface area (Å²) in [6.45, 7) is 5.76. The van der Waals surface area contributed by atoms with Crippen molar-refractivity contribution in [3.8, 4) is 0 Å². The Morgan fingerprint density at radius 1 is 1.20 bits per heavy atom. The number of rotatable bonds is 9. The first-order valence-electron chi connectivity index (χ1n) is 5.78. The SMILES string of the molecule is C=CCCCC=CC=CC(=O)CCCC. The summed E-state index contributed by atoms with van der Waals surface area (Å²) in [4.78, 5) is 11.2. The molecule has 0 aliphatic heterocycles. The maximum atomic E-state index is 11.2. The summed E-state index contributed by atoms with van der Waals surface area (Å²) >= 11 is 0. The van der Waals surface area contributed by atoms with Crippen LogP contribution in [0.2, 0.25) is 0 Å². The molecule has 0 bridgehead atoms. The fourth-order valence-corrected chi connectivity index (χ4v) is 1.15. The van der Waals surface area contributed by atoms with Gasteiger partial charge in [-0.25, -0.2) is 0 Å². The van der Waals surface area contributed by atoms with E-state index in [4.69, 9.17) is 0 Å². The van der Waals surface area contributed by atoms with Crippen LogP contribution in [-0.2, 0) is 4.79 Å². The van der Waals surface area contributed by atoms with Crippen LogP contribution in [0.1, 0.15) is 45.4 Å². The normalized spacial score (nSPS) is 11.3. The van der Waals surface area contributed by atoms with Crippen molar-refractivity contribution in [1.82, 2.24) is 0 Å². The Hall–Kier alpha value is -1.11. The van der Waals surface area contributed by atoms with Crippen molar-refractivity contribution in [2.45, 2.75) is 45.4 Å². The van der Waals surface area contributed by atoms with Crippen molar-refractivity contribution in [3.05, 3.63) is 37.0 Å². The number of allylic oxidation sites excluding steroid dienone is 5. The molecule has 0 heterocycles. The van der Waals surface area contributed by atoms with Crippen LogP contribution >= 0.6 is 0 Å². The summed E-state index contributed by atoms with van der Waals surface area (Å²) in [5.74, 6) is 0.229. The van der Waals surface area contributed by atoms with E-state index in [1.165, 1.54) is 0 Å². The van der Waals surface area contributed by atoms with Crippen molar-refractivity contribution in [2.24, 2.45) is 0 Å². The average Bonchev–Trinajstić information content (AvgIpc) is 2.25. The van der Waals surface area contributed by atoms with Gasteiger partial charge < -0.3 is 0 Å². The van der Waals surface area contributed by atoms with Crippen LogP contribution in [0.25, 0.3) is 0 Å². The quantitative estimate of drug-likeness (QED) is 0.239. The maximum absolute atomic E-state index is 11.2. The molecular formula is C14H22O. The molecule has 84 valence electrons. The van der Waals surface area contributed by atoms with Gasteiger partial charge in [0.25, 0.3) is 0 Å². The van der Waals surface area contributed by atoms with Gasteiger partial charge in [-0.05, 0) is 31.8 Å². The van der Waals surface area contributed by atoms with Crippen molar-refractivity contribution < 1.29 is 4.79 Å². The summed E-state index contributed by atoms with van der Waals surface area (Å²) in [5.41, 5.74) is 0. The van der Waals surface area contributed by atoms with Crippen molar-refractivity contribution >= 4 is 5.78 Å². The molecule has 0 aromatic heterocycles. The van der Waals surface area contributed by atoms with E-state index in [0.29, 0.717) is 6.42 Å². The first kappa shape index (κ1) is 13.9. The van der Waals surface area contributed by atoms with Gasteiger partial charge >= 0.3 is 0 Å². The van der Waals surface area contributed by atoms with Gasteiger partial charge in [-0.15, -0.1) is 6.58 Å². The molecule has 0 atom stereocenters. The Morgan fingerprint density at radius 2 is 2.00 bits per heavy atom. The van der Waals surface area contributed by atoms with Crippen LogP contribution < -0.4 is 0 Å². The molecule has 15 heavy (non-hydrogen) atoms. The molecule has 0 aromatic rings. The second-order valence-electron chi connectivity index (χ2n) is 3.58. The van der Waals surface area contributed by atoms with Crippen molar-refractivity contribution in [1.29, 1.82) is 0 Å². The molecule has 0 spiro atoms. The molecule has 0 unspecified atom stereocenters. The van der Waals surface area contributed by atoms with Crippen LogP contribution in [0.4, 0.5) is 0 Å². The highest BCUT2D eigenvalue weighted by atomic mass is 16.1. The Bertz CT molecular complexity index is 223. The third-order valence-electron chi connectivity index (χ3n) is 2.09. The fourth-order valence-electron chi connectivity index (χ4n) is 1.15.